The first-order valence-corrected chi connectivity index (χ1v) is 2.83. The Hall–Kier alpha value is -0.390. The van der Waals surface area contributed by atoms with Crippen LogP contribution in [0, 0.1) is 0 Å². The molecule has 0 aliphatic carbocycles. The minimum Gasteiger partial charge on any atom is -0.473 e. The van der Waals surface area contributed by atoms with Crippen LogP contribution in [0.4, 0.5) is 18.0 Å². The van der Waals surface area contributed by atoms with Crippen LogP contribution in [0.2, 0.25) is 0 Å². The van der Waals surface area contributed by atoms with Crippen LogP contribution in [0.3, 0.4) is 0 Å². The second kappa shape index (κ2) is 2.95. The standard InChI is InChI=1S/C3H3F3O2S/c4-3(5,6)1-9-2(7)8/h1H2,(H,7,8). The summed E-state index contributed by atoms with van der Waals surface area (Å²) in [5, 5.41) is 6.23. The molecule has 1 N–H and O–H groups in total. The number of halogens is 3. The average molecular weight is 160 g/mol. The van der Waals surface area contributed by atoms with Gasteiger partial charge in [-0.25, -0.2) is 4.79 Å². The fourth-order valence-corrected chi connectivity index (χ4v) is 0.431. The third-order valence-corrected chi connectivity index (χ3v) is 1.08. The van der Waals surface area contributed by atoms with Gasteiger partial charge in [-0.05, 0) is 11.8 Å². The molecule has 9 heavy (non-hydrogen) atoms. The molecule has 0 fully saturated rings. The van der Waals surface area contributed by atoms with Gasteiger partial charge in [0.25, 0.3) is 0 Å². The first-order chi connectivity index (χ1) is 3.92. The zero-order valence-electron chi connectivity index (χ0n) is 4.10. The van der Waals surface area contributed by atoms with E-state index in [1.807, 2.05) is 0 Å². The Bertz CT molecular complexity index is 110. The Labute approximate surface area is 53.0 Å². The van der Waals surface area contributed by atoms with Gasteiger partial charge < -0.3 is 5.11 Å². The monoisotopic (exact) mass is 160 g/mol. The van der Waals surface area contributed by atoms with Crippen LogP contribution in [-0.4, -0.2) is 22.3 Å². The highest BCUT2D eigenvalue weighted by molar-refractivity contribution is 8.13. The molecule has 0 aromatic rings. The van der Waals surface area contributed by atoms with E-state index in [1.165, 1.54) is 0 Å². The van der Waals surface area contributed by atoms with E-state index < -0.39 is 17.2 Å². The second-order valence-electron chi connectivity index (χ2n) is 1.17. The van der Waals surface area contributed by atoms with Crippen molar-refractivity contribution in [3.8, 4) is 0 Å². The molecule has 2 nitrogen and oxygen atoms in total. The Kier molecular flexibility index (Phi) is 2.83. The molecule has 54 valence electrons. The highest BCUT2D eigenvalue weighted by Gasteiger charge is 2.28. The third-order valence-electron chi connectivity index (χ3n) is 0.359. The van der Waals surface area contributed by atoms with Gasteiger partial charge in [-0.3, -0.25) is 0 Å². The first kappa shape index (κ1) is 8.61. The summed E-state index contributed by atoms with van der Waals surface area (Å²) >= 11 is -0.170. The first-order valence-electron chi connectivity index (χ1n) is 1.84. The van der Waals surface area contributed by atoms with E-state index in [0.717, 1.165) is 0 Å². The van der Waals surface area contributed by atoms with Crippen molar-refractivity contribution < 1.29 is 23.1 Å². The zero-order valence-corrected chi connectivity index (χ0v) is 4.92. The van der Waals surface area contributed by atoms with Crippen molar-refractivity contribution in [3.05, 3.63) is 0 Å². The Morgan fingerprint density at radius 2 is 2.00 bits per heavy atom. The van der Waals surface area contributed by atoms with E-state index in [1.54, 1.807) is 0 Å². The van der Waals surface area contributed by atoms with Crippen molar-refractivity contribution in [1.82, 2.24) is 0 Å². The molecule has 0 radical (unpaired) electrons. The number of hydrogen-bond donors (Lipinski definition) is 1. The van der Waals surface area contributed by atoms with Crippen LogP contribution in [0.25, 0.3) is 0 Å². The van der Waals surface area contributed by atoms with Crippen molar-refractivity contribution in [1.29, 1.82) is 0 Å². The lowest BCUT2D eigenvalue weighted by molar-refractivity contribution is -0.105. The fourth-order valence-electron chi connectivity index (χ4n) is 0.144. The van der Waals surface area contributed by atoms with Gasteiger partial charge in [0.2, 0.25) is 0 Å². The summed E-state index contributed by atoms with van der Waals surface area (Å²) in [6.45, 7) is 0. The topological polar surface area (TPSA) is 37.3 Å². The van der Waals surface area contributed by atoms with Crippen molar-refractivity contribution in [2.45, 2.75) is 6.18 Å². The summed E-state index contributed by atoms with van der Waals surface area (Å²) in [6.07, 6.45) is -4.39. The summed E-state index contributed by atoms with van der Waals surface area (Å²) in [5.74, 6) is -1.33. The van der Waals surface area contributed by atoms with Crippen LogP contribution in [0.15, 0.2) is 0 Å². The summed E-state index contributed by atoms with van der Waals surface area (Å²) in [4.78, 5) is 9.51. The molecule has 0 heterocycles. The van der Waals surface area contributed by atoms with Crippen LogP contribution in [0.5, 0.6) is 0 Å². The van der Waals surface area contributed by atoms with Gasteiger partial charge in [0, 0.05) is 0 Å². The summed E-state index contributed by atoms with van der Waals surface area (Å²) in [5.41, 5.74) is 0. The molecular weight excluding hydrogens is 157 g/mol. The number of carboxylic acid groups (broad SMARTS) is 1. The third kappa shape index (κ3) is 7.61. The van der Waals surface area contributed by atoms with Crippen molar-refractivity contribution in [2.75, 3.05) is 5.75 Å². The van der Waals surface area contributed by atoms with Gasteiger partial charge in [-0.1, -0.05) is 0 Å². The molecular formula is C3H3F3O2S. The van der Waals surface area contributed by atoms with Crippen LogP contribution >= 0.6 is 11.8 Å². The maximum atomic E-state index is 11.1. The van der Waals surface area contributed by atoms with Gasteiger partial charge in [-0.2, -0.15) is 13.2 Å². The van der Waals surface area contributed by atoms with Crippen LogP contribution < -0.4 is 0 Å². The number of carbonyl (C=O) groups is 1. The van der Waals surface area contributed by atoms with Crippen molar-refractivity contribution in [3.63, 3.8) is 0 Å². The fraction of sp³-hybridized carbons (Fsp3) is 0.667. The van der Waals surface area contributed by atoms with Crippen molar-refractivity contribution in [2.24, 2.45) is 0 Å². The van der Waals surface area contributed by atoms with Gasteiger partial charge in [0.05, 0.1) is 0 Å². The van der Waals surface area contributed by atoms with E-state index in [2.05, 4.69) is 0 Å². The molecule has 0 aromatic carbocycles. The maximum absolute atomic E-state index is 11.1. The van der Waals surface area contributed by atoms with Gasteiger partial charge in [0.1, 0.15) is 5.75 Å². The minimum absolute atomic E-state index is 0.170. The lowest BCUT2D eigenvalue weighted by Crippen LogP contribution is -2.11. The molecule has 0 aliphatic heterocycles. The van der Waals surface area contributed by atoms with Crippen molar-refractivity contribution >= 4 is 17.1 Å². The van der Waals surface area contributed by atoms with E-state index in [9.17, 15) is 18.0 Å². The predicted molar refractivity (Wildman–Crippen MR) is 26.5 cm³/mol. The lowest BCUT2D eigenvalue weighted by atomic mass is 10.8. The molecule has 0 saturated carbocycles. The normalized spacial score (nSPS) is 11.4. The smallest absolute Gasteiger partial charge is 0.398 e. The molecule has 0 aromatic heterocycles. The van der Waals surface area contributed by atoms with Gasteiger partial charge in [-0.15, -0.1) is 0 Å². The molecule has 0 unspecified atom stereocenters. The summed E-state index contributed by atoms with van der Waals surface area (Å²) in [6, 6.07) is 0. The Morgan fingerprint density at radius 3 is 2.11 bits per heavy atom. The van der Waals surface area contributed by atoms with Gasteiger partial charge >= 0.3 is 11.5 Å². The molecule has 0 saturated heterocycles. The zero-order chi connectivity index (χ0) is 7.49. The lowest BCUT2D eigenvalue weighted by Gasteiger charge is -2.00. The number of hydrogen-bond acceptors (Lipinski definition) is 2. The predicted octanol–water partition coefficient (Wildman–Crippen LogP) is 1.96. The molecule has 0 amide bonds. The van der Waals surface area contributed by atoms with Gasteiger partial charge in [0.15, 0.2) is 0 Å². The highest BCUT2D eigenvalue weighted by Crippen LogP contribution is 2.20. The minimum atomic E-state index is -4.39. The Morgan fingerprint density at radius 1 is 1.56 bits per heavy atom. The Balaban J connectivity index is 3.39. The number of alkyl halides is 3. The number of rotatable bonds is 1. The molecule has 0 spiro atoms. The molecule has 6 heteroatoms. The van der Waals surface area contributed by atoms with E-state index >= 15 is 0 Å². The highest BCUT2D eigenvalue weighted by atomic mass is 32.2. The van der Waals surface area contributed by atoms with E-state index in [-0.39, 0.29) is 11.8 Å². The largest absolute Gasteiger partial charge is 0.473 e. The molecule has 0 bridgehead atoms. The molecule has 0 rings (SSSR count). The average Bonchev–Trinajstić information content (AvgIpc) is 1.59. The maximum Gasteiger partial charge on any atom is 0.398 e. The quantitative estimate of drug-likeness (QED) is 0.637. The molecule has 0 atom stereocenters. The summed E-state index contributed by atoms with van der Waals surface area (Å²) < 4.78 is 33.4. The SMILES string of the molecule is O=C(O)SCC(F)(F)F. The van der Waals surface area contributed by atoms with E-state index in [0.29, 0.717) is 0 Å². The number of thioether (sulfide) groups is 1. The van der Waals surface area contributed by atoms with Crippen LogP contribution in [0.1, 0.15) is 0 Å². The molecule has 0 aliphatic rings. The second-order valence-corrected chi connectivity index (χ2v) is 2.10. The van der Waals surface area contributed by atoms with E-state index in [4.69, 9.17) is 5.11 Å². The summed E-state index contributed by atoms with van der Waals surface area (Å²) in [7, 11) is 0. The van der Waals surface area contributed by atoms with Crippen LogP contribution in [-0.2, 0) is 0 Å².